The van der Waals surface area contributed by atoms with Crippen LogP contribution in [0.25, 0.3) is 0 Å². The lowest BCUT2D eigenvalue weighted by Gasteiger charge is -2.21. The maximum absolute atomic E-state index is 12.5. The van der Waals surface area contributed by atoms with E-state index in [4.69, 9.17) is 0 Å². The van der Waals surface area contributed by atoms with Crippen LogP contribution in [0.4, 0.5) is 0 Å². The summed E-state index contributed by atoms with van der Waals surface area (Å²) in [5, 5.41) is 13.9. The molecule has 1 saturated heterocycles. The van der Waals surface area contributed by atoms with E-state index in [1.165, 1.54) is 15.2 Å². The lowest BCUT2D eigenvalue weighted by Crippen LogP contribution is -2.38. The van der Waals surface area contributed by atoms with Crippen LogP contribution in [0.3, 0.4) is 0 Å². The quantitative estimate of drug-likeness (QED) is 0.774. The molecule has 2 heterocycles. The maximum Gasteiger partial charge on any atom is 0.246 e. The molecule has 0 aliphatic carbocycles. The lowest BCUT2D eigenvalue weighted by atomic mass is 10.2. The molecule has 1 N–H and O–H groups in total. The summed E-state index contributed by atoms with van der Waals surface area (Å²) < 4.78 is 27.9. The van der Waals surface area contributed by atoms with E-state index in [0.717, 1.165) is 0 Å². The second-order valence-corrected chi connectivity index (χ2v) is 7.04. The fourth-order valence-corrected chi connectivity index (χ4v) is 3.97. The number of likely N-dealkylation sites (N-methyl/N-ethyl adjacent to an activating group) is 1. The summed E-state index contributed by atoms with van der Waals surface area (Å²) in [5.41, 5.74) is 0.600. The Morgan fingerprint density at radius 3 is 2.47 bits per heavy atom. The van der Waals surface area contributed by atoms with Gasteiger partial charge in [-0.3, -0.25) is 4.68 Å². The average Bonchev–Trinajstić information content (AvgIpc) is 2.85. The maximum atomic E-state index is 12.5. The van der Waals surface area contributed by atoms with Gasteiger partial charge < -0.3 is 10.0 Å². The first kappa shape index (κ1) is 14.4. The van der Waals surface area contributed by atoms with Crippen LogP contribution in [-0.4, -0.2) is 71.8 Å². The molecule has 7 nitrogen and oxygen atoms in total. The number of sulfonamides is 1. The summed E-state index contributed by atoms with van der Waals surface area (Å²) in [6, 6.07) is -0.174. The molecule has 1 aliphatic heterocycles. The van der Waals surface area contributed by atoms with E-state index in [9.17, 15) is 13.5 Å². The predicted octanol–water partition coefficient (Wildman–Crippen LogP) is -0.976. The molecule has 1 aromatic rings. The number of aryl methyl sites for hydroxylation is 1. The summed E-state index contributed by atoms with van der Waals surface area (Å²) in [4.78, 5) is 2.05. The molecule has 19 heavy (non-hydrogen) atoms. The van der Waals surface area contributed by atoms with E-state index < -0.39 is 16.1 Å². The molecular weight excluding hydrogens is 268 g/mol. The van der Waals surface area contributed by atoms with Gasteiger partial charge in [0.15, 0.2) is 0 Å². The third kappa shape index (κ3) is 2.40. The number of β-amino-alcohol motifs (C(OH)–C–C–N with tert-alkyl or cyclic N) is 1. The van der Waals surface area contributed by atoms with Crippen molar-refractivity contribution in [1.82, 2.24) is 19.0 Å². The van der Waals surface area contributed by atoms with Gasteiger partial charge in [-0.1, -0.05) is 0 Å². The van der Waals surface area contributed by atoms with Crippen LogP contribution in [0.2, 0.25) is 0 Å². The third-order valence-corrected chi connectivity index (χ3v) is 5.63. The van der Waals surface area contributed by atoms with Gasteiger partial charge in [0.1, 0.15) is 4.90 Å². The fourth-order valence-electron chi connectivity index (χ4n) is 2.31. The van der Waals surface area contributed by atoms with E-state index in [1.807, 2.05) is 19.0 Å². The lowest BCUT2D eigenvalue weighted by molar-refractivity contribution is 0.113. The molecule has 108 valence electrons. The van der Waals surface area contributed by atoms with E-state index in [-0.39, 0.29) is 17.5 Å². The van der Waals surface area contributed by atoms with Crippen molar-refractivity contribution in [2.75, 3.05) is 27.2 Å². The molecule has 0 radical (unpaired) electrons. The highest BCUT2D eigenvalue weighted by atomic mass is 32.2. The number of hydrogen-bond acceptors (Lipinski definition) is 5. The van der Waals surface area contributed by atoms with Crippen LogP contribution in [0.1, 0.15) is 5.69 Å². The van der Waals surface area contributed by atoms with E-state index in [1.54, 1.807) is 14.0 Å². The van der Waals surface area contributed by atoms with Gasteiger partial charge in [0, 0.05) is 20.1 Å². The zero-order valence-electron chi connectivity index (χ0n) is 11.6. The summed E-state index contributed by atoms with van der Waals surface area (Å²) in [6.07, 6.45) is 0.696. The molecule has 0 amide bonds. The molecule has 0 spiro atoms. The predicted molar refractivity (Wildman–Crippen MR) is 70.2 cm³/mol. The summed E-state index contributed by atoms with van der Waals surface area (Å²) in [6.45, 7) is 2.14. The highest BCUT2D eigenvalue weighted by Crippen LogP contribution is 2.24. The van der Waals surface area contributed by atoms with Crippen LogP contribution in [-0.2, 0) is 17.1 Å². The first-order valence-corrected chi connectivity index (χ1v) is 7.52. The van der Waals surface area contributed by atoms with Crippen molar-refractivity contribution in [2.45, 2.75) is 24.0 Å². The largest absolute Gasteiger partial charge is 0.390 e. The van der Waals surface area contributed by atoms with Crippen molar-refractivity contribution < 1.29 is 13.5 Å². The van der Waals surface area contributed by atoms with Crippen LogP contribution in [0.5, 0.6) is 0 Å². The Morgan fingerprint density at radius 2 is 2.05 bits per heavy atom. The van der Waals surface area contributed by atoms with Gasteiger partial charge in [0.2, 0.25) is 10.0 Å². The molecule has 0 unspecified atom stereocenters. The van der Waals surface area contributed by atoms with Crippen molar-refractivity contribution in [3.8, 4) is 0 Å². The molecule has 1 aromatic heterocycles. The van der Waals surface area contributed by atoms with Crippen molar-refractivity contribution in [3.05, 3.63) is 11.9 Å². The zero-order chi connectivity index (χ0) is 14.4. The Kier molecular flexibility index (Phi) is 3.69. The summed E-state index contributed by atoms with van der Waals surface area (Å²) in [7, 11) is 1.78. The first-order chi connectivity index (χ1) is 8.75. The Morgan fingerprint density at radius 1 is 1.42 bits per heavy atom. The number of aliphatic hydroxyl groups excluding tert-OH is 1. The van der Waals surface area contributed by atoms with Gasteiger partial charge in [0.05, 0.1) is 24.0 Å². The first-order valence-electron chi connectivity index (χ1n) is 6.08. The topological polar surface area (TPSA) is 78.7 Å². The average molecular weight is 288 g/mol. The van der Waals surface area contributed by atoms with Crippen LogP contribution in [0, 0.1) is 6.92 Å². The van der Waals surface area contributed by atoms with Crippen LogP contribution in [0.15, 0.2) is 11.1 Å². The normalized spacial score (nSPS) is 25.4. The van der Waals surface area contributed by atoms with Crippen molar-refractivity contribution in [1.29, 1.82) is 0 Å². The molecule has 1 aliphatic rings. The number of hydrogen-bond donors (Lipinski definition) is 1. The minimum atomic E-state index is -3.58. The molecule has 0 aromatic carbocycles. The molecule has 0 bridgehead atoms. The SMILES string of the molecule is Cc1c(S(=O)(=O)N2C[C@H](O)[C@@H](N(C)C)C2)cnn1C. The van der Waals surface area contributed by atoms with Gasteiger partial charge in [-0.25, -0.2) is 8.42 Å². The summed E-state index contributed by atoms with van der Waals surface area (Å²) in [5.74, 6) is 0. The van der Waals surface area contributed by atoms with Gasteiger partial charge in [0.25, 0.3) is 0 Å². The summed E-state index contributed by atoms with van der Waals surface area (Å²) >= 11 is 0. The second kappa shape index (κ2) is 4.86. The van der Waals surface area contributed by atoms with Gasteiger partial charge in [-0.15, -0.1) is 0 Å². The van der Waals surface area contributed by atoms with E-state index in [0.29, 0.717) is 12.2 Å². The van der Waals surface area contributed by atoms with E-state index >= 15 is 0 Å². The Balaban J connectivity index is 2.30. The number of rotatable bonds is 3. The van der Waals surface area contributed by atoms with Crippen LogP contribution < -0.4 is 0 Å². The highest BCUT2D eigenvalue weighted by Gasteiger charge is 2.40. The molecule has 2 rings (SSSR count). The van der Waals surface area contributed by atoms with Gasteiger partial charge in [-0.2, -0.15) is 9.40 Å². The van der Waals surface area contributed by atoms with Crippen molar-refractivity contribution in [2.24, 2.45) is 7.05 Å². The molecular formula is C11H20N4O3S. The van der Waals surface area contributed by atoms with Crippen molar-refractivity contribution >= 4 is 10.0 Å². The number of nitrogens with zero attached hydrogens (tertiary/aromatic N) is 4. The minimum absolute atomic E-state index is 0.125. The monoisotopic (exact) mass is 288 g/mol. The fraction of sp³-hybridized carbons (Fsp3) is 0.727. The Bertz CT molecular complexity index is 566. The van der Waals surface area contributed by atoms with Crippen LogP contribution >= 0.6 is 0 Å². The second-order valence-electron chi connectivity index (χ2n) is 5.14. The van der Waals surface area contributed by atoms with Gasteiger partial charge in [-0.05, 0) is 21.0 Å². The zero-order valence-corrected chi connectivity index (χ0v) is 12.4. The van der Waals surface area contributed by atoms with E-state index in [2.05, 4.69) is 5.10 Å². The minimum Gasteiger partial charge on any atom is -0.390 e. The Hall–Kier alpha value is -0.960. The van der Waals surface area contributed by atoms with Gasteiger partial charge >= 0.3 is 0 Å². The molecule has 1 fully saturated rings. The highest BCUT2D eigenvalue weighted by molar-refractivity contribution is 7.89. The number of aromatic nitrogens is 2. The standard InChI is InChI=1S/C11H20N4O3S/c1-8-11(5-12-14(8)4)19(17,18)15-6-9(13(2)3)10(16)7-15/h5,9-10,16H,6-7H2,1-4H3/t9-,10-/m0/s1. The third-order valence-electron chi connectivity index (χ3n) is 3.70. The molecule has 8 heteroatoms. The van der Waals surface area contributed by atoms with Crippen molar-refractivity contribution in [3.63, 3.8) is 0 Å². The molecule has 2 atom stereocenters. The number of aliphatic hydroxyl groups is 1. The Labute approximate surface area is 113 Å². The molecule has 0 saturated carbocycles. The smallest absolute Gasteiger partial charge is 0.246 e.